The third kappa shape index (κ3) is 4.60. The van der Waals surface area contributed by atoms with E-state index in [1.54, 1.807) is 18.2 Å². The van der Waals surface area contributed by atoms with Crippen molar-refractivity contribution >= 4 is 57.0 Å². The summed E-state index contributed by atoms with van der Waals surface area (Å²) in [4.78, 5) is 36.7. The van der Waals surface area contributed by atoms with Crippen LogP contribution in [0, 0.1) is 0 Å². The summed E-state index contributed by atoms with van der Waals surface area (Å²) in [6.45, 7) is -0.850. The van der Waals surface area contributed by atoms with Gasteiger partial charge in [0.2, 0.25) is 0 Å². The van der Waals surface area contributed by atoms with Crippen molar-refractivity contribution in [2.24, 2.45) is 0 Å². The molecule has 1 aromatic heterocycles. The Morgan fingerprint density at radius 2 is 1.94 bits per heavy atom. The number of thioether (sulfide) groups is 1. The van der Waals surface area contributed by atoms with E-state index in [-0.39, 0.29) is 27.5 Å². The van der Waals surface area contributed by atoms with Gasteiger partial charge >= 0.3 is 12.1 Å². The lowest BCUT2D eigenvalue weighted by molar-refractivity contribution is -0.140. The minimum Gasteiger partial charge on any atom is -0.480 e. The largest absolute Gasteiger partial charge is 0.480 e. The molecule has 33 heavy (non-hydrogen) atoms. The highest BCUT2D eigenvalue weighted by atomic mass is 35.5. The van der Waals surface area contributed by atoms with Crippen LogP contribution >= 0.6 is 23.4 Å². The Labute approximate surface area is 193 Å². The number of halogens is 4. The molecule has 0 spiro atoms. The first kappa shape index (κ1) is 22.9. The van der Waals surface area contributed by atoms with Crippen LogP contribution in [0.1, 0.15) is 16.7 Å². The standard InChI is InChI=1S/C21H13ClF3N3O4S/c22-13-3-1-11(15(7-13)21(23,24)25)6-14(10-2-4-16-12(5-10)8-26-27-16)18-19(31)28(9-17(29)30)20(32)33-18/h1-5,7-8H,6,9H2,(H,26,27)(H,29,30)/b18-14-. The maximum atomic E-state index is 13.7. The van der Waals surface area contributed by atoms with Crippen LogP contribution in [0.5, 0.6) is 0 Å². The van der Waals surface area contributed by atoms with Crippen molar-refractivity contribution in [3.8, 4) is 0 Å². The fourth-order valence-corrected chi connectivity index (χ4v) is 4.57. The average Bonchev–Trinajstić information content (AvgIpc) is 3.31. The van der Waals surface area contributed by atoms with Crippen molar-refractivity contribution in [3.63, 3.8) is 0 Å². The first-order valence-electron chi connectivity index (χ1n) is 9.32. The number of carbonyl (C=O) groups excluding carboxylic acids is 2. The number of aromatic amines is 1. The highest BCUT2D eigenvalue weighted by Crippen LogP contribution is 2.41. The number of benzene rings is 2. The Morgan fingerprint density at radius 1 is 1.18 bits per heavy atom. The lowest BCUT2D eigenvalue weighted by atomic mass is 9.93. The summed E-state index contributed by atoms with van der Waals surface area (Å²) in [5, 5.41) is 15.4. The number of H-pyrrole nitrogens is 1. The Morgan fingerprint density at radius 3 is 2.64 bits per heavy atom. The van der Waals surface area contributed by atoms with Crippen LogP contribution in [0.3, 0.4) is 0 Å². The van der Waals surface area contributed by atoms with E-state index in [4.69, 9.17) is 16.7 Å². The van der Waals surface area contributed by atoms with Crippen LogP contribution in [0.2, 0.25) is 5.02 Å². The third-order valence-electron chi connectivity index (χ3n) is 4.95. The minimum absolute atomic E-state index is 0.103. The molecule has 0 unspecified atom stereocenters. The predicted molar refractivity (Wildman–Crippen MR) is 116 cm³/mol. The number of carboxylic acid groups (broad SMARTS) is 1. The summed E-state index contributed by atoms with van der Waals surface area (Å²) < 4.78 is 41.0. The van der Waals surface area contributed by atoms with Crippen LogP contribution in [-0.2, 0) is 22.2 Å². The van der Waals surface area contributed by atoms with E-state index in [0.717, 1.165) is 6.07 Å². The highest BCUT2D eigenvalue weighted by molar-refractivity contribution is 8.18. The Balaban J connectivity index is 1.88. The first-order chi connectivity index (χ1) is 15.5. The number of carbonyl (C=O) groups is 3. The van der Waals surface area contributed by atoms with Crippen molar-refractivity contribution < 1.29 is 32.7 Å². The molecule has 12 heteroatoms. The monoisotopic (exact) mass is 495 g/mol. The predicted octanol–water partition coefficient (Wildman–Crippen LogP) is 4.97. The minimum atomic E-state index is -4.71. The van der Waals surface area contributed by atoms with Gasteiger partial charge in [-0.3, -0.25) is 24.4 Å². The van der Waals surface area contributed by atoms with Gasteiger partial charge in [0.25, 0.3) is 11.1 Å². The molecule has 2 aromatic carbocycles. The van der Waals surface area contributed by atoms with Crippen molar-refractivity contribution in [3.05, 3.63) is 69.2 Å². The number of alkyl halides is 3. The summed E-state index contributed by atoms with van der Waals surface area (Å²) in [6.07, 6.45) is -3.55. The zero-order valence-electron chi connectivity index (χ0n) is 16.4. The van der Waals surface area contributed by atoms with E-state index in [2.05, 4.69) is 10.2 Å². The van der Waals surface area contributed by atoms with Gasteiger partial charge in [-0.2, -0.15) is 18.3 Å². The summed E-state index contributed by atoms with van der Waals surface area (Å²) >= 11 is 6.27. The van der Waals surface area contributed by atoms with E-state index in [1.165, 1.54) is 18.3 Å². The van der Waals surface area contributed by atoms with Gasteiger partial charge in [-0.15, -0.1) is 0 Å². The van der Waals surface area contributed by atoms with E-state index in [0.29, 0.717) is 33.1 Å². The van der Waals surface area contributed by atoms with Crippen LogP contribution in [0.25, 0.3) is 16.5 Å². The molecule has 1 aliphatic rings. The highest BCUT2D eigenvalue weighted by Gasteiger charge is 2.39. The quantitative estimate of drug-likeness (QED) is 0.484. The SMILES string of the molecule is O=C(O)CN1C(=O)S/C(=C(/Cc2ccc(Cl)cc2C(F)(F)F)c2ccc3[nH]ncc3c2)C1=O. The van der Waals surface area contributed by atoms with Crippen LogP contribution in [0.4, 0.5) is 18.0 Å². The van der Waals surface area contributed by atoms with E-state index in [9.17, 15) is 27.6 Å². The molecule has 0 atom stereocenters. The molecule has 1 saturated heterocycles. The average molecular weight is 496 g/mol. The molecule has 2 heterocycles. The second-order valence-corrected chi connectivity index (χ2v) is 8.51. The number of nitrogens with zero attached hydrogens (tertiary/aromatic N) is 2. The van der Waals surface area contributed by atoms with Gasteiger partial charge < -0.3 is 5.11 Å². The second kappa shape index (κ2) is 8.56. The van der Waals surface area contributed by atoms with Gasteiger partial charge in [0.05, 0.1) is 22.2 Å². The van der Waals surface area contributed by atoms with Crippen molar-refractivity contribution in [2.45, 2.75) is 12.6 Å². The van der Waals surface area contributed by atoms with Crippen molar-refractivity contribution in [2.75, 3.05) is 6.54 Å². The van der Waals surface area contributed by atoms with Gasteiger partial charge in [0.15, 0.2) is 0 Å². The van der Waals surface area contributed by atoms with Gasteiger partial charge in [-0.05, 0) is 59.1 Å². The summed E-state index contributed by atoms with van der Waals surface area (Å²) in [7, 11) is 0. The van der Waals surface area contributed by atoms with E-state index < -0.39 is 35.4 Å². The molecule has 7 nitrogen and oxygen atoms in total. The number of amides is 2. The third-order valence-corrected chi connectivity index (χ3v) is 6.21. The number of imide groups is 1. The first-order valence-corrected chi connectivity index (χ1v) is 10.5. The normalized spacial score (nSPS) is 16.1. The molecule has 3 aromatic rings. The number of hydrogen-bond donors (Lipinski definition) is 2. The number of allylic oxidation sites excluding steroid dienone is 1. The number of hydrogen-bond acceptors (Lipinski definition) is 5. The molecule has 2 N–H and O–H groups in total. The fraction of sp³-hybridized carbons (Fsp3) is 0.143. The van der Waals surface area contributed by atoms with Crippen molar-refractivity contribution in [1.29, 1.82) is 0 Å². The second-order valence-electron chi connectivity index (χ2n) is 7.11. The Hall–Kier alpha value is -3.31. The molecule has 4 rings (SSSR count). The zero-order chi connectivity index (χ0) is 23.9. The van der Waals surface area contributed by atoms with E-state index >= 15 is 0 Å². The van der Waals surface area contributed by atoms with Gasteiger partial charge in [0, 0.05) is 10.4 Å². The van der Waals surface area contributed by atoms with Gasteiger partial charge in [0.1, 0.15) is 6.54 Å². The molecule has 1 fully saturated rings. The van der Waals surface area contributed by atoms with Crippen molar-refractivity contribution in [1.82, 2.24) is 15.1 Å². The van der Waals surface area contributed by atoms with Gasteiger partial charge in [-0.1, -0.05) is 23.7 Å². The molecule has 170 valence electrons. The molecular formula is C21H13ClF3N3O4S. The number of rotatable bonds is 5. The topological polar surface area (TPSA) is 103 Å². The maximum absolute atomic E-state index is 13.7. The molecule has 2 amide bonds. The maximum Gasteiger partial charge on any atom is 0.416 e. The molecule has 0 saturated carbocycles. The summed E-state index contributed by atoms with van der Waals surface area (Å²) in [5.74, 6) is -2.27. The molecule has 0 aliphatic carbocycles. The smallest absolute Gasteiger partial charge is 0.416 e. The molecule has 0 bridgehead atoms. The molecule has 1 aliphatic heterocycles. The molecule has 0 radical (unpaired) electrons. The fourth-order valence-electron chi connectivity index (χ4n) is 3.45. The Kier molecular flexibility index (Phi) is 5.93. The van der Waals surface area contributed by atoms with Crippen LogP contribution < -0.4 is 0 Å². The summed E-state index contributed by atoms with van der Waals surface area (Å²) in [6, 6.07) is 8.17. The number of aromatic nitrogens is 2. The lowest BCUT2D eigenvalue weighted by Gasteiger charge is -2.17. The molecular weight excluding hydrogens is 483 g/mol. The number of nitrogens with one attached hydrogen (secondary N) is 1. The van der Waals surface area contributed by atoms with Crippen LogP contribution in [0.15, 0.2) is 47.5 Å². The zero-order valence-corrected chi connectivity index (χ0v) is 18.0. The number of carboxylic acids is 1. The number of fused-ring (bicyclic) bond motifs is 1. The Bertz CT molecular complexity index is 1340. The number of aliphatic carboxylic acids is 1. The van der Waals surface area contributed by atoms with E-state index in [1.807, 2.05) is 0 Å². The lowest BCUT2D eigenvalue weighted by Crippen LogP contribution is -2.33. The summed E-state index contributed by atoms with van der Waals surface area (Å²) in [5.41, 5.74) is 0.0930. The van der Waals surface area contributed by atoms with Gasteiger partial charge in [-0.25, -0.2) is 0 Å². The van der Waals surface area contributed by atoms with Crippen LogP contribution in [-0.4, -0.2) is 43.9 Å².